The van der Waals surface area contributed by atoms with E-state index in [2.05, 4.69) is 0 Å². The molecule has 1 atom stereocenters. The summed E-state index contributed by atoms with van der Waals surface area (Å²) < 4.78 is 18.1. The number of hydrogen-bond acceptors (Lipinski definition) is 6. The summed E-state index contributed by atoms with van der Waals surface area (Å²) in [7, 11) is 0. The fourth-order valence-corrected chi connectivity index (χ4v) is 4.46. The number of ether oxygens (including phenoxy) is 3. The first-order chi connectivity index (χ1) is 17.3. The van der Waals surface area contributed by atoms with Gasteiger partial charge in [-0.3, -0.25) is 14.4 Å². The minimum Gasteiger partial charge on any atom is -0.494 e. The van der Waals surface area contributed by atoms with Crippen LogP contribution in [-0.4, -0.2) is 52.9 Å². The van der Waals surface area contributed by atoms with Gasteiger partial charge >= 0.3 is 11.9 Å². The Bertz CT molecular complexity index is 1050. The summed E-state index contributed by atoms with van der Waals surface area (Å²) in [6, 6.07) is 12.2. The summed E-state index contributed by atoms with van der Waals surface area (Å²) in [5.74, 6) is -1.42. The van der Waals surface area contributed by atoms with Gasteiger partial charge in [0.05, 0.1) is 18.8 Å². The molecule has 1 aliphatic rings. The van der Waals surface area contributed by atoms with Crippen molar-refractivity contribution in [2.75, 3.05) is 13.2 Å². The topological polar surface area (TPSA) is 119 Å². The van der Waals surface area contributed by atoms with Crippen molar-refractivity contribution in [3.05, 3.63) is 58.6 Å². The molecule has 0 saturated carbocycles. The molecule has 36 heavy (non-hydrogen) atoms. The van der Waals surface area contributed by atoms with Crippen molar-refractivity contribution in [1.29, 1.82) is 0 Å². The Hall–Kier alpha value is -3.10. The average Bonchev–Trinajstić information content (AvgIpc) is 2.84. The first-order valence-corrected chi connectivity index (χ1v) is 12.4. The molecule has 0 fully saturated rings. The third-order valence-corrected chi connectivity index (χ3v) is 6.33. The molecule has 0 radical (unpaired) electrons. The Labute approximate surface area is 215 Å². The Kier molecular flexibility index (Phi) is 9.73. The van der Waals surface area contributed by atoms with Crippen LogP contribution in [0.5, 0.6) is 11.5 Å². The summed E-state index contributed by atoms with van der Waals surface area (Å²) in [4.78, 5) is 36.6. The second-order valence-electron chi connectivity index (χ2n) is 8.77. The highest BCUT2D eigenvalue weighted by atomic mass is 35.5. The lowest BCUT2D eigenvalue weighted by atomic mass is 9.79. The van der Waals surface area contributed by atoms with Crippen LogP contribution in [0.2, 0.25) is 5.02 Å². The van der Waals surface area contributed by atoms with Crippen LogP contribution in [0.1, 0.15) is 61.4 Å². The Morgan fingerprint density at radius 3 is 2.31 bits per heavy atom. The third kappa shape index (κ3) is 6.98. The number of benzene rings is 2. The lowest BCUT2D eigenvalue weighted by molar-refractivity contribution is -0.143. The van der Waals surface area contributed by atoms with Gasteiger partial charge in [-0.15, -0.1) is 0 Å². The van der Waals surface area contributed by atoms with Gasteiger partial charge in [0.2, 0.25) is 0 Å². The van der Waals surface area contributed by atoms with Crippen molar-refractivity contribution in [2.24, 2.45) is 0 Å². The molecule has 0 aliphatic carbocycles. The van der Waals surface area contributed by atoms with Crippen LogP contribution in [0.4, 0.5) is 0 Å². The fraction of sp³-hybridized carbons (Fsp3) is 0.444. The highest BCUT2D eigenvalue weighted by molar-refractivity contribution is 6.30. The second kappa shape index (κ2) is 12.7. The summed E-state index contributed by atoms with van der Waals surface area (Å²) in [5, 5.41) is 19.3. The van der Waals surface area contributed by atoms with Gasteiger partial charge in [-0.05, 0) is 42.3 Å². The Morgan fingerprint density at radius 1 is 1.03 bits per heavy atom. The minimum absolute atomic E-state index is 0.0623. The van der Waals surface area contributed by atoms with E-state index in [1.54, 1.807) is 36.4 Å². The monoisotopic (exact) mass is 518 g/mol. The fourth-order valence-electron chi connectivity index (χ4n) is 4.34. The number of aryl methyl sites for hydroxylation is 1. The molecule has 2 N–H and O–H groups in total. The summed E-state index contributed by atoms with van der Waals surface area (Å²) in [6.07, 6.45) is 0.0754. The number of carboxylic acid groups (broad SMARTS) is 2. The lowest BCUT2D eigenvalue weighted by Gasteiger charge is -2.44. The maximum Gasteiger partial charge on any atom is 0.303 e. The molecule has 1 heterocycles. The van der Waals surface area contributed by atoms with E-state index in [0.717, 1.165) is 12.0 Å². The zero-order valence-electron chi connectivity index (χ0n) is 20.2. The molecule has 0 amide bonds. The van der Waals surface area contributed by atoms with Gasteiger partial charge in [-0.2, -0.15) is 0 Å². The zero-order chi connectivity index (χ0) is 26.1. The number of carbonyl (C=O) groups excluding carboxylic acids is 1. The Morgan fingerprint density at radius 2 is 1.69 bits per heavy atom. The van der Waals surface area contributed by atoms with Gasteiger partial charge in [0.15, 0.2) is 11.9 Å². The van der Waals surface area contributed by atoms with Crippen LogP contribution in [0.3, 0.4) is 0 Å². The number of aliphatic carboxylic acids is 2. The van der Waals surface area contributed by atoms with Crippen LogP contribution in [0.15, 0.2) is 42.5 Å². The van der Waals surface area contributed by atoms with E-state index in [4.69, 9.17) is 25.8 Å². The largest absolute Gasteiger partial charge is 0.494 e. The number of halogens is 1. The van der Waals surface area contributed by atoms with Crippen LogP contribution in [-0.2, 0) is 20.7 Å². The average molecular weight is 519 g/mol. The molecule has 0 saturated heterocycles. The molecule has 194 valence electrons. The molecule has 9 heteroatoms. The molecule has 3 rings (SSSR count). The van der Waals surface area contributed by atoms with Crippen molar-refractivity contribution in [2.45, 2.75) is 63.6 Å². The number of carboxylic acids is 2. The standard InChI is InChI=1S/C27H31ClO8/c1-2-5-18-6-3-7-21-24(33)26(35-17-4-16-34-20-10-8-19(28)9-11-20)27(36-25(18)21,14-12-22(29)30)15-13-23(31)32/h3,6-11,26H,2,4-5,12-17H2,1H3,(H,29,30)(H,31,32). The van der Waals surface area contributed by atoms with Gasteiger partial charge in [-0.25, -0.2) is 0 Å². The van der Waals surface area contributed by atoms with E-state index in [1.807, 2.05) is 13.0 Å². The highest BCUT2D eigenvalue weighted by Crippen LogP contribution is 2.42. The summed E-state index contributed by atoms with van der Waals surface area (Å²) >= 11 is 5.88. The van der Waals surface area contributed by atoms with E-state index in [9.17, 15) is 24.6 Å². The van der Waals surface area contributed by atoms with Gasteiger partial charge < -0.3 is 24.4 Å². The maximum absolute atomic E-state index is 13.7. The van der Waals surface area contributed by atoms with E-state index in [1.165, 1.54) is 0 Å². The number of ketones is 1. The van der Waals surface area contributed by atoms with Crippen molar-refractivity contribution in [3.63, 3.8) is 0 Å². The number of hydrogen-bond donors (Lipinski definition) is 2. The molecule has 0 aromatic heterocycles. The number of fused-ring (bicyclic) bond motifs is 1. The highest BCUT2D eigenvalue weighted by Gasteiger charge is 2.51. The van der Waals surface area contributed by atoms with Crippen molar-refractivity contribution < 1.29 is 38.8 Å². The Balaban J connectivity index is 1.83. The van der Waals surface area contributed by atoms with Gasteiger partial charge in [0, 0.05) is 37.1 Å². The second-order valence-corrected chi connectivity index (χ2v) is 9.21. The smallest absolute Gasteiger partial charge is 0.303 e. The lowest BCUT2D eigenvalue weighted by Crippen LogP contribution is -2.56. The summed E-state index contributed by atoms with van der Waals surface area (Å²) in [5.41, 5.74) is -0.223. The normalized spacial score (nSPS) is 16.2. The molecule has 1 unspecified atom stereocenters. The summed E-state index contributed by atoms with van der Waals surface area (Å²) in [6.45, 7) is 2.46. The van der Waals surface area contributed by atoms with E-state index in [-0.39, 0.29) is 38.1 Å². The van der Waals surface area contributed by atoms with Crippen LogP contribution in [0.25, 0.3) is 0 Å². The number of para-hydroxylation sites is 1. The number of Topliss-reactive ketones (excluding diaryl/α,β-unsaturated/α-hetero) is 1. The first-order valence-electron chi connectivity index (χ1n) is 12.0. The van der Waals surface area contributed by atoms with Crippen LogP contribution >= 0.6 is 11.6 Å². The molecule has 2 aromatic carbocycles. The third-order valence-electron chi connectivity index (χ3n) is 6.08. The number of carbonyl (C=O) groups is 3. The molecule has 2 aromatic rings. The minimum atomic E-state index is -1.41. The van der Waals surface area contributed by atoms with E-state index < -0.39 is 23.6 Å². The van der Waals surface area contributed by atoms with Gasteiger partial charge in [-0.1, -0.05) is 37.1 Å². The maximum atomic E-state index is 13.7. The van der Waals surface area contributed by atoms with E-state index in [0.29, 0.717) is 41.5 Å². The van der Waals surface area contributed by atoms with E-state index >= 15 is 0 Å². The quantitative estimate of drug-likeness (QED) is 0.328. The molecular formula is C27H31ClO8. The van der Waals surface area contributed by atoms with Crippen LogP contribution in [0, 0.1) is 0 Å². The predicted molar refractivity (Wildman–Crippen MR) is 133 cm³/mol. The molecular weight excluding hydrogens is 488 g/mol. The first kappa shape index (κ1) is 27.5. The molecule has 8 nitrogen and oxygen atoms in total. The van der Waals surface area contributed by atoms with Crippen molar-refractivity contribution >= 4 is 29.3 Å². The molecule has 1 aliphatic heterocycles. The van der Waals surface area contributed by atoms with Crippen molar-refractivity contribution in [1.82, 2.24) is 0 Å². The molecule has 0 spiro atoms. The SMILES string of the molecule is CCCc1cccc2c1OC(CCC(=O)O)(CCC(=O)O)C(OCCCOc1ccc(Cl)cc1)C2=O. The predicted octanol–water partition coefficient (Wildman–Crippen LogP) is 5.19. The van der Waals surface area contributed by atoms with Gasteiger partial charge in [0.25, 0.3) is 0 Å². The van der Waals surface area contributed by atoms with Crippen LogP contribution < -0.4 is 9.47 Å². The van der Waals surface area contributed by atoms with Gasteiger partial charge in [0.1, 0.15) is 17.1 Å². The zero-order valence-corrected chi connectivity index (χ0v) is 21.0. The number of rotatable bonds is 14. The van der Waals surface area contributed by atoms with Crippen molar-refractivity contribution in [3.8, 4) is 11.5 Å². The molecule has 0 bridgehead atoms.